The Morgan fingerprint density at radius 1 is 1.44 bits per heavy atom. The van der Waals surface area contributed by atoms with Crippen LogP contribution in [0.3, 0.4) is 0 Å². The number of anilines is 1. The summed E-state index contributed by atoms with van der Waals surface area (Å²) in [5.74, 6) is -0.125. The number of piperazine rings is 1. The number of nitriles is 1. The molecule has 2 rings (SSSR count). The number of benzene rings is 1. The van der Waals surface area contributed by atoms with E-state index in [-0.39, 0.29) is 18.0 Å². The van der Waals surface area contributed by atoms with Crippen LogP contribution in [0.1, 0.15) is 19.4 Å². The van der Waals surface area contributed by atoms with Gasteiger partial charge in [-0.25, -0.2) is 4.79 Å². The molecule has 0 saturated carbocycles. The van der Waals surface area contributed by atoms with Gasteiger partial charge in [-0.05, 0) is 32.0 Å². The van der Waals surface area contributed by atoms with E-state index in [4.69, 9.17) is 21.6 Å². The van der Waals surface area contributed by atoms with Crippen LogP contribution >= 0.6 is 11.6 Å². The molecule has 1 aromatic carbocycles. The number of amides is 2. The fraction of sp³-hybridized carbons (Fsp3) is 0.471. The first-order valence-corrected chi connectivity index (χ1v) is 8.60. The Bertz CT molecular complexity index is 681. The molecule has 0 bridgehead atoms. The van der Waals surface area contributed by atoms with Crippen LogP contribution in [-0.4, -0.2) is 55.7 Å². The highest BCUT2D eigenvalue weighted by atomic mass is 35.5. The zero-order valence-electron chi connectivity index (χ0n) is 14.3. The number of quaternary nitrogens is 1. The van der Waals surface area contributed by atoms with Gasteiger partial charge in [0, 0.05) is 5.69 Å². The van der Waals surface area contributed by atoms with Crippen molar-refractivity contribution in [2.24, 2.45) is 0 Å². The maximum Gasteiger partial charge on any atom is 0.410 e. The van der Waals surface area contributed by atoms with E-state index in [9.17, 15) is 9.59 Å². The number of hydrogen-bond donors (Lipinski definition) is 2. The van der Waals surface area contributed by atoms with Crippen molar-refractivity contribution in [2.45, 2.75) is 19.9 Å². The molecule has 0 unspecified atom stereocenters. The molecule has 0 aliphatic carbocycles. The molecule has 0 aromatic heterocycles. The second kappa shape index (κ2) is 8.70. The molecule has 8 heteroatoms. The molecule has 0 spiro atoms. The second-order valence-electron chi connectivity index (χ2n) is 5.86. The fourth-order valence-electron chi connectivity index (χ4n) is 2.74. The number of hydrogen-bond acceptors (Lipinski definition) is 4. The van der Waals surface area contributed by atoms with Gasteiger partial charge in [0.25, 0.3) is 5.91 Å². The lowest BCUT2D eigenvalue weighted by Crippen LogP contribution is -3.19. The molecule has 1 atom stereocenters. The van der Waals surface area contributed by atoms with Crippen LogP contribution in [0.4, 0.5) is 10.5 Å². The van der Waals surface area contributed by atoms with Crippen LogP contribution in [0.15, 0.2) is 18.2 Å². The van der Waals surface area contributed by atoms with Gasteiger partial charge in [-0.1, -0.05) is 11.6 Å². The van der Waals surface area contributed by atoms with Crippen LogP contribution < -0.4 is 10.2 Å². The monoisotopic (exact) mass is 365 g/mol. The van der Waals surface area contributed by atoms with Crippen molar-refractivity contribution in [1.29, 1.82) is 5.26 Å². The third kappa shape index (κ3) is 4.84. The first-order chi connectivity index (χ1) is 12.0. The Hall–Kier alpha value is -2.30. The number of halogens is 1. The Balaban J connectivity index is 1.90. The largest absolute Gasteiger partial charge is 0.450 e. The van der Waals surface area contributed by atoms with Crippen molar-refractivity contribution >= 4 is 29.3 Å². The number of carbonyl (C=O) groups is 2. The zero-order chi connectivity index (χ0) is 18.4. The molecule has 1 fully saturated rings. The van der Waals surface area contributed by atoms with Crippen molar-refractivity contribution in [3.05, 3.63) is 28.8 Å². The lowest BCUT2D eigenvalue weighted by Gasteiger charge is -2.34. The molecular formula is C17H22ClN4O3+. The Morgan fingerprint density at radius 3 is 2.68 bits per heavy atom. The summed E-state index contributed by atoms with van der Waals surface area (Å²) in [6.45, 7) is 6.49. The zero-order valence-corrected chi connectivity index (χ0v) is 15.1. The van der Waals surface area contributed by atoms with Crippen molar-refractivity contribution in [3.8, 4) is 6.07 Å². The first-order valence-electron chi connectivity index (χ1n) is 8.23. The summed E-state index contributed by atoms with van der Waals surface area (Å²) in [6.07, 6.45) is -0.300. The van der Waals surface area contributed by atoms with Crippen LogP contribution in [-0.2, 0) is 9.53 Å². The van der Waals surface area contributed by atoms with Crippen molar-refractivity contribution < 1.29 is 19.2 Å². The maximum absolute atomic E-state index is 12.5. The number of rotatable bonds is 4. The summed E-state index contributed by atoms with van der Waals surface area (Å²) < 4.78 is 5.00. The highest BCUT2D eigenvalue weighted by Crippen LogP contribution is 2.20. The fourth-order valence-corrected chi connectivity index (χ4v) is 2.97. The summed E-state index contributed by atoms with van der Waals surface area (Å²) in [7, 11) is 0. The van der Waals surface area contributed by atoms with Crippen molar-refractivity contribution in [3.63, 3.8) is 0 Å². The summed E-state index contributed by atoms with van der Waals surface area (Å²) in [6, 6.07) is 6.52. The molecule has 0 radical (unpaired) electrons. The lowest BCUT2D eigenvalue weighted by atomic mass is 10.2. The molecule has 1 aliphatic heterocycles. The van der Waals surface area contributed by atoms with Gasteiger partial charge in [0.1, 0.15) is 6.07 Å². The van der Waals surface area contributed by atoms with E-state index in [2.05, 4.69) is 5.32 Å². The van der Waals surface area contributed by atoms with Crippen LogP contribution in [0.25, 0.3) is 0 Å². The molecule has 25 heavy (non-hydrogen) atoms. The number of carbonyl (C=O) groups excluding carboxylic acids is 2. The standard InChI is InChI=1S/C17H21ClN4O3/c1-3-25-17(24)22-8-6-21(7-9-22)12(2)16(23)20-14-5-4-13(11-19)15(18)10-14/h4-5,10,12H,3,6-9H2,1-2H3,(H,20,23)/p+1/t12-/m1/s1. The average molecular weight is 366 g/mol. The molecule has 134 valence electrons. The van der Waals surface area contributed by atoms with Crippen LogP contribution in [0, 0.1) is 11.3 Å². The third-order valence-electron chi connectivity index (χ3n) is 4.29. The smallest absolute Gasteiger partial charge is 0.410 e. The number of ether oxygens (including phenoxy) is 1. The van der Waals surface area contributed by atoms with Crippen LogP contribution in [0.5, 0.6) is 0 Å². The van der Waals surface area contributed by atoms with Gasteiger partial charge in [0.15, 0.2) is 6.04 Å². The van der Waals surface area contributed by atoms with Gasteiger partial charge in [-0.15, -0.1) is 0 Å². The van der Waals surface area contributed by atoms with Crippen molar-refractivity contribution in [2.75, 3.05) is 38.1 Å². The number of nitrogens with zero attached hydrogens (tertiary/aromatic N) is 2. The Labute approximate surface area is 152 Å². The molecule has 2 amide bonds. The van der Waals surface area contributed by atoms with Gasteiger partial charge >= 0.3 is 6.09 Å². The highest BCUT2D eigenvalue weighted by molar-refractivity contribution is 6.32. The molecule has 1 saturated heterocycles. The van der Waals surface area contributed by atoms with E-state index >= 15 is 0 Å². The second-order valence-corrected chi connectivity index (χ2v) is 6.27. The van der Waals surface area contributed by atoms with E-state index in [1.165, 1.54) is 0 Å². The third-order valence-corrected chi connectivity index (χ3v) is 4.61. The lowest BCUT2D eigenvalue weighted by molar-refractivity contribution is -0.917. The minimum Gasteiger partial charge on any atom is -0.450 e. The summed E-state index contributed by atoms with van der Waals surface area (Å²) >= 11 is 5.98. The van der Waals surface area contributed by atoms with E-state index in [0.717, 1.165) is 4.90 Å². The minimum atomic E-state index is -0.300. The summed E-state index contributed by atoms with van der Waals surface area (Å²) in [5.41, 5.74) is 0.929. The van der Waals surface area contributed by atoms with Gasteiger partial charge < -0.3 is 15.0 Å². The molecule has 7 nitrogen and oxygen atoms in total. The Morgan fingerprint density at radius 2 is 2.12 bits per heavy atom. The molecule has 1 heterocycles. The van der Waals surface area contributed by atoms with Crippen molar-refractivity contribution in [1.82, 2.24) is 4.90 Å². The van der Waals surface area contributed by atoms with Gasteiger partial charge in [-0.2, -0.15) is 5.26 Å². The van der Waals surface area contributed by atoms with E-state index in [1.807, 2.05) is 13.0 Å². The summed E-state index contributed by atoms with van der Waals surface area (Å²) in [5, 5.41) is 12.0. The van der Waals surface area contributed by atoms with Gasteiger partial charge in [-0.3, -0.25) is 9.69 Å². The molecule has 2 N–H and O–H groups in total. The van der Waals surface area contributed by atoms with E-state index in [0.29, 0.717) is 49.1 Å². The molecule has 1 aromatic rings. The predicted octanol–water partition coefficient (Wildman–Crippen LogP) is 0.896. The minimum absolute atomic E-state index is 0.125. The quantitative estimate of drug-likeness (QED) is 0.829. The van der Waals surface area contributed by atoms with E-state index in [1.54, 1.807) is 30.0 Å². The number of nitrogens with one attached hydrogen (secondary N) is 2. The predicted molar refractivity (Wildman–Crippen MR) is 93.6 cm³/mol. The van der Waals surface area contributed by atoms with E-state index < -0.39 is 0 Å². The van der Waals surface area contributed by atoms with Gasteiger partial charge in [0.05, 0.1) is 43.4 Å². The van der Waals surface area contributed by atoms with Gasteiger partial charge in [0.2, 0.25) is 0 Å². The topological polar surface area (TPSA) is 86.9 Å². The molecule has 1 aliphatic rings. The average Bonchev–Trinajstić information content (AvgIpc) is 2.61. The highest BCUT2D eigenvalue weighted by Gasteiger charge is 2.31. The molecular weight excluding hydrogens is 344 g/mol. The first kappa shape index (κ1) is 19.0. The normalized spacial score (nSPS) is 16.0. The van der Waals surface area contributed by atoms with Crippen LogP contribution in [0.2, 0.25) is 5.02 Å². The Kier molecular flexibility index (Phi) is 6.62. The summed E-state index contributed by atoms with van der Waals surface area (Å²) in [4.78, 5) is 26.9. The maximum atomic E-state index is 12.5. The SMILES string of the molecule is CCOC(=O)N1CC[NH+]([C@H](C)C(=O)Nc2ccc(C#N)c(Cl)c2)CC1.